The average molecular weight is 235 g/mol. The van der Waals surface area contributed by atoms with Crippen LogP contribution in [0.5, 0.6) is 0 Å². The molecule has 0 radical (unpaired) electrons. The molecule has 17 heavy (non-hydrogen) atoms. The summed E-state index contributed by atoms with van der Waals surface area (Å²) in [4.78, 5) is 36.2. The molecule has 0 aliphatic heterocycles. The predicted octanol–water partition coefficient (Wildman–Crippen LogP) is -0.517. The Morgan fingerprint density at radius 3 is 2.35 bits per heavy atom. The third kappa shape index (κ3) is 4.56. The first-order valence-corrected chi connectivity index (χ1v) is 4.51. The molecular weight excluding hydrogens is 226 g/mol. The van der Waals surface area contributed by atoms with E-state index in [1.807, 2.05) is 5.43 Å². The summed E-state index contributed by atoms with van der Waals surface area (Å²) >= 11 is 0. The number of hydrogen-bond acceptors (Lipinski definition) is 4. The molecule has 0 bridgehead atoms. The minimum Gasteiger partial charge on any atom is -0.478 e. The van der Waals surface area contributed by atoms with Crippen molar-refractivity contribution in [2.24, 2.45) is 0 Å². The van der Waals surface area contributed by atoms with Crippen LogP contribution in [-0.2, 0) is 9.59 Å². The average Bonchev–Trinajstić information content (AvgIpc) is 2.34. The maximum Gasteiger partial charge on any atom is 0.328 e. The normalized spacial score (nSPS) is 9.88. The van der Waals surface area contributed by atoms with Crippen LogP contribution in [0.3, 0.4) is 0 Å². The number of carboxylic acid groups (broad SMARTS) is 1. The number of amides is 2. The Labute approximate surface area is 96.1 Å². The maximum absolute atomic E-state index is 11.4. The number of carbonyl (C=O) groups excluding carboxylic acids is 2. The van der Waals surface area contributed by atoms with E-state index in [9.17, 15) is 14.4 Å². The van der Waals surface area contributed by atoms with Crippen molar-refractivity contribution in [2.75, 3.05) is 0 Å². The first kappa shape index (κ1) is 12.4. The Bertz CT molecular complexity index is 456. The Balaban J connectivity index is 2.44. The number of pyridine rings is 1. The lowest BCUT2D eigenvalue weighted by molar-refractivity contribution is -0.131. The van der Waals surface area contributed by atoms with Gasteiger partial charge < -0.3 is 5.11 Å². The number of nitrogens with one attached hydrogen (secondary N) is 2. The monoisotopic (exact) mass is 235 g/mol. The molecule has 0 atom stereocenters. The SMILES string of the molecule is O=C(O)/C=C\C(=O)NNC(=O)c1ccncc1. The van der Waals surface area contributed by atoms with E-state index in [-0.39, 0.29) is 0 Å². The Morgan fingerprint density at radius 2 is 1.76 bits per heavy atom. The smallest absolute Gasteiger partial charge is 0.328 e. The fraction of sp³-hybridized carbons (Fsp3) is 0. The van der Waals surface area contributed by atoms with Gasteiger partial charge in [0.15, 0.2) is 0 Å². The number of nitrogens with zero attached hydrogens (tertiary/aromatic N) is 1. The quantitative estimate of drug-likeness (QED) is 0.482. The number of rotatable bonds is 3. The van der Waals surface area contributed by atoms with Crippen LogP contribution in [0, 0.1) is 0 Å². The zero-order chi connectivity index (χ0) is 12.7. The highest BCUT2D eigenvalue weighted by molar-refractivity contribution is 5.98. The topological polar surface area (TPSA) is 108 Å². The Kier molecular flexibility index (Phi) is 4.37. The van der Waals surface area contributed by atoms with Gasteiger partial charge in [0.1, 0.15) is 0 Å². The molecule has 2 amide bonds. The van der Waals surface area contributed by atoms with Crippen molar-refractivity contribution in [2.45, 2.75) is 0 Å². The van der Waals surface area contributed by atoms with E-state index in [1.54, 1.807) is 0 Å². The van der Waals surface area contributed by atoms with Crippen molar-refractivity contribution in [3.05, 3.63) is 42.2 Å². The van der Waals surface area contributed by atoms with Crippen LogP contribution in [-0.4, -0.2) is 27.9 Å². The van der Waals surface area contributed by atoms with Crippen LogP contribution in [0.4, 0.5) is 0 Å². The van der Waals surface area contributed by atoms with Gasteiger partial charge in [-0.25, -0.2) is 4.79 Å². The molecule has 1 aromatic heterocycles. The molecule has 7 heteroatoms. The molecule has 1 rings (SSSR count). The van der Waals surface area contributed by atoms with Gasteiger partial charge in [-0.2, -0.15) is 0 Å². The maximum atomic E-state index is 11.4. The van der Waals surface area contributed by atoms with Crippen molar-refractivity contribution in [1.29, 1.82) is 0 Å². The lowest BCUT2D eigenvalue weighted by Gasteiger charge is -2.04. The van der Waals surface area contributed by atoms with Crippen LogP contribution in [0.2, 0.25) is 0 Å². The lowest BCUT2D eigenvalue weighted by atomic mass is 10.3. The molecule has 88 valence electrons. The second-order valence-electron chi connectivity index (χ2n) is 2.85. The van der Waals surface area contributed by atoms with Crippen LogP contribution in [0.15, 0.2) is 36.7 Å². The first-order valence-electron chi connectivity index (χ1n) is 4.51. The van der Waals surface area contributed by atoms with E-state index in [2.05, 4.69) is 10.4 Å². The van der Waals surface area contributed by atoms with Crippen LogP contribution in [0.1, 0.15) is 10.4 Å². The van der Waals surface area contributed by atoms with Crippen LogP contribution in [0.25, 0.3) is 0 Å². The van der Waals surface area contributed by atoms with Gasteiger partial charge in [0.2, 0.25) is 0 Å². The standard InChI is InChI=1S/C10H9N3O4/c14-8(1-2-9(15)16)12-13-10(17)7-3-5-11-6-4-7/h1-6H,(H,12,14)(H,13,17)(H,15,16)/b2-1-. The largest absolute Gasteiger partial charge is 0.478 e. The highest BCUT2D eigenvalue weighted by Crippen LogP contribution is 1.94. The molecule has 3 N–H and O–H groups in total. The molecule has 7 nitrogen and oxygen atoms in total. The van der Waals surface area contributed by atoms with E-state index in [1.165, 1.54) is 24.5 Å². The summed E-state index contributed by atoms with van der Waals surface area (Å²) in [6.45, 7) is 0. The van der Waals surface area contributed by atoms with Gasteiger partial charge in [-0.15, -0.1) is 0 Å². The van der Waals surface area contributed by atoms with Gasteiger partial charge in [0, 0.05) is 30.1 Å². The summed E-state index contributed by atoms with van der Waals surface area (Å²) < 4.78 is 0. The van der Waals surface area contributed by atoms with Crippen molar-refractivity contribution < 1.29 is 19.5 Å². The van der Waals surface area contributed by atoms with Crippen LogP contribution < -0.4 is 10.9 Å². The molecule has 0 aromatic carbocycles. The molecular formula is C10H9N3O4. The summed E-state index contributed by atoms with van der Waals surface area (Å²) in [7, 11) is 0. The zero-order valence-electron chi connectivity index (χ0n) is 8.58. The van der Waals surface area contributed by atoms with Gasteiger partial charge >= 0.3 is 5.97 Å². The summed E-state index contributed by atoms with van der Waals surface area (Å²) in [6, 6.07) is 2.93. The number of hydrogen-bond donors (Lipinski definition) is 3. The van der Waals surface area contributed by atoms with Gasteiger partial charge in [-0.05, 0) is 12.1 Å². The van der Waals surface area contributed by atoms with E-state index < -0.39 is 17.8 Å². The molecule has 0 spiro atoms. The molecule has 0 aliphatic rings. The molecule has 1 aromatic rings. The third-order valence-corrected chi connectivity index (χ3v) is 1.62. The van der Waals surface area contributed by atoms with Crippen molar-refractivity contribution in [1.82, 2.24) is 15.8 Å². The summed E-state index contributed by atoms with van der Waals surface area (Å²) in [5.74, 6) is -2.51. The van der Waals surface area contributed by atoms with Gasteiger partial charge in [-0.1, -0.05) is 0 Å². The van der Waals surface area contributed by atoms with E-state index in [0.29, 0.717) is 11.6 Å². The zero-order valence-corrected chi connectivity index (χ0v) is 8.58. The van der Waals surface area contributed by atoms with Crippen LogP contribution >= 0.6 is 0 Å². The fourth-order valence-electron chi connectivity index (χ4n) is 0.882. The Morgan fingerprint density at radius 1 is 1.12 bits per heavy atom. The molecule has 0 aliphatic carbocycles. The number of carboxylic acids is 1. The number of aliphatic carboxylic acids is 1. The summed E-state index contributed by atoms with van der Waals surface area (Å²) in [5.41, 5.74) is 4.46. The van der Waals surface area contributed by atoms with Gasteiger partial charge in [0.25, 0.3) is 11.8 Å². The second kappa shape index (κ2) is 6.01. The molecule has 1 heterocycles. The second-order valence-corrected chi connectivity index (χ2v) is 2.85. The molecule has 0 saturated carbocycles. The molecule has 0 saturated heterocycles. The molecule has 0 fully saturated rings. The number of aromatic nitrogens is 1. The van der Waals surface area contributed by atoms with Gasteiger partial charge in [0.05, 0.1) is 0 Å². The highest BCUT2D eigenvalue weighted by Gasteiger charge is 2.04. The molecule has 0 unspecified atom stereocenters. The summed E-state index contributed by atoms with van der Waals surface area (Å²) in [5, 5.41) is 8.26. The van der Waals surface area contributed by atoms with Crippen molar-refractivity contribution >= 4 is 17.8 Å². The number of carbonyl (C=O) groups is 3. The Hall–Kier alpha value is -2.70. The van der Waals surface area contributed by atoms with Crippen molar-refractivity contribution in [3.63, 3.8) is 0 Å². The first-order chi connectivity index (χ1) is 8.09. The van der Waals surface area contributed by atoms with Crippen molar-refractivity contribution in [3.8, 4) is 0 Å². The van der Waals surface area contributed by atoms with Gasteiger partial charge in [-0.3, -0.25) is 25.4 Å². The number of hydrazine groups is 1. The fourth-order valence-corrected chi connectivity index (χ4v) is 0.882. The third-order valence-electron chi connectivity index (χ3n) is 1.62. The van der Waals surface area contributed by atoms with E-state index in [4.69, 9.17) is 5.11 Å². The minimum atomic E-state index is -1.25. The van der Waals surface area contributed by atoms with E-state index in [0.717, 1.165) is 6.08 Å². The lowest BCUT2D eigenvalue weighted by Crippen LogP contribution is -2.40. The minimum absolute atomic E-state index is 0.322. The van der Waals surface area contributed by atoms with E-state index >= 15 is 0 Å². The predicted molar refractivity (Wildman–Crippen MR) is 56.6 cm³/mol. The highest BCUT2D eigenvalue weighted by atomic mass is 16.4. The summed E-state index contributed by atoms with van der Waals surface area (Å²) in [6.07, 6.45) is 4.31.